The Morgan fingerprint density at radius 2 is 2.36 bits per heavy atom. The molecule has 2 aliphatic heterocycles. The van der Waals surface area contributed by atoms with Crippen LogP contribution in [0, 0.1) is 0 Å². The van der Waals surface area contributed by atoms with Crippen molar-refractivity contribution in [2.75, 3.05) is 25.0 Å². The van der Waals surface area contributed by atoms with Gasteiger partial charge in [0.25, 0.3) is 0 Å². The summed E-state index contributed by atoms with van der Waals surface area (Å²) in [7, 11) is 1.92. The minimum absolute atomic E-state index is 0.0703. The lowest BCUT2D eigenvalue weighted by Gasteiger charge is -2.32. The Morgan fingerprint density at radius 3 is 3.20 bits per heavy atom. The number of aryl methyl sites for hydroxylation is 1. The molecule has 1 fully saturated rings. The topological polar surface area (TPSA) is 72.3 Å². The average Bonchev–Trinajstić information content (AvgIpc) is 3.08. The van der Waals surface area contributed by atoms with Crippen molar-refractivity contribution in [2.45, 2.75) is 31.8 Å². The van der Waals surface area contributed by atoms with Gasteiger partial charge in [-0.15, -0.1) is 0 Å². The number of hydrogen-bond acceptors (Lipinski definition) is 4. The molecule has 1 unspecified atom stereocenters. The van der Waals surface area contributed by atoms with E-state index in [4.69, 9.17) is 4.74 Å². The van der Waals surface area contributed by atoms with Gasteiger partial charge in [0, 0.05) is 49.9 Å². The van der Waals surface area contributed by atoms with Crippen LogP contribution in [-0.4, -0.2) is 45.4 Å². The van der Waals surface area contributed by atoms with E-state index in [-0.39, 0.29) is 6.03 Å². The second-order valence-corrected chi connectivity index (χ2v) is 6.76. The van der Waals surface area contributed by atoms with Crippen LogP contribution in [0.15, 0.2) is 24.5 Å². The molecule has 0 aliphatic carbocycles. The highest BCUT2D eigenvalue weighted by Crippen LogP contribution is 2.26. The predicted molar refractivity (Wildman–Crippen MR) is 93.4 cm³/mol. The predicted octanol–water partition coefficient (Wildman–Crippen LogP) is 2.30. The molecule has 2 aromatic rings. The largest absolute Gasteiger partial charge is 0.376 e. The molecular formula is C18H23N5O2. The summed E-state index contributed by atoms with van der Waals surface area (Å²) in [6.45, 7) is 2.76. The summed E-state index contributed by atoms with van der Waals surface area (Å²) < 4.78 is 7.28. The normalized spacial score (nSPS) is 20.2. The van der Waals surface area contributed by atoms with Gasteiger partial charge in [0.2, 0.25) is 0 Å². The monoisotopic (exact) mass is 341 g/mol. The van der Waals surface area contributed by atoms with Crippen LogP contribution in [-0.2, 0) is 24.8 Å². The molecule has 0 saturated carbocycles. The molecule has 0 radical (unpaired) electrons. The highest BCUT2D eigenvalue weighted by atomic mass is 16.5. The number of urea groups is 1. The van der Waals surface area contributed by atoms with Crippen LogP contribution in [0.5, 0.6) is 0 Å². The van der Waals surface area contributed by atoms with E-state index in [1.165, 1.54) is 0 Å². The van der Waals surface area contributed by atoms with E-state index >= 15 is 0 Å². The number of likely N-dealkylation sites (tertiary alicyclic amines) is 1. The first-order valence-corrected chi connectivity index (χ1v) is 8.80. The van der Waals surface area contributed by atoms with Crippen molar-refractivity contribution in [3.8, 4) is 0 Å². The Morgan fingerprint density at radius 1 is 1.44 bits per heavy atom. The Bertz CT molecular complexity index is 773. The maximum atomic E-state index is 12.6. The van der Waals surface area contributed by atoms with Gasteiger partial charge < -0.3 is 15.0 Å². The van der Waals surface area contributed by atoms with Gasteiger partial charge in [-0.25, -0.2) is 4.79 Å². The van der Waals surface area contributed by atoms with Gasteiger partial charge in [0.1, 0.15) is 0 Å². The fourth-order valence-electron chi connectivity index (χ4n) is 3.56. The quantitative estimate of drug-likeness (QED) is 0.910. The van der Waals surface area contributed by atoms with Gasteiger partial charge in [0.15, 0.2) is 0 Å². The van der Waals surface area contributed by atoms with Crippen LogP contribution in [0.4, 0.5) is 10.5 Å². The number of fused-ring (bicyclic) bond motifs is 1. The van der Waals surface area contributed by atoms with Crippen molar-refractivity contribution >= 4 is 11.7 Å². The molecule has 1 N–H and O–H groups in total. The zero-order valence-corrected chi connectivity index (χ0v) is 14.4. The van der Waals surface area contributed by atoms with Crippen molar-refractivity contribution < 1.29 is 9.53 Å². The Hall–Kier alpha value is -2.41. The van der Waals surface area contributed by atoms with Crippen molar-refractivity contribution in [1.29, 1.82) is 0 Å². The molecule has 0 aromatic carbocycles. The summed E-state index contributed by atoms with van der Waals surface area (Å²) in [6, 6.07) is 3.94. The van der Waals surface area contributed by atoms with Crippen LogP contribution in [0.1, 0.15) is 35.7 Å². The molecule has 1 saturated heterocycles. The van der Waals surface area contributed by atoms with Crippen molar-refractivity contribution in [3.63, 3.8) is 0 Å². The number of carbonyl (C=O) groups is 1. The molecule has 0 spiro atoms. The van der Waals surface area contributed by atoms with E-state index < -0.39 is 0 Å². The smallest absolute Gasteiger partial charge is 0.321 e. The number of carbonyl (C=O) groups excluding carboxylic acids is 1. The van der Waals surface area contributed by atoms with Crippen LogP contribution >= 0.6 is 0 Å². The maximum Gasteiger partial charge on any atom is 0.321 e. The Balaban J connectivity index is 1.42. The van der Waals surface area contributed by atoms with E-state index in [0.717, 1.165) is 48.4 Å². The number of nitrogens with zero attached hydrogens (tertiary/aromatic N) is 4. The Labute approximate surface area is 147 Å². The van der Waals surface area contributed by atoms with Gasteiger partial charge in [-0.05, 0) is 25.0 Å². The third-order valence-electron chi connectivity index (χ3n) is 4.91. The number of aromatic nitrogens is 3. The first-order chi connectivity index (χ1) is 12.2. The lowest BCUT2D eigenvalue weighted by atomic mass is 9.95. The summed E-state index contributed by atoms with van der Waals surface area (Å²) >= 11 is 0. The lowest BCUT2D eigenvalue weighted by molar-refractivity contribution is 0.109. The van der Waals surface area contributed by atoms with Crippen molar-refractivity contribution in [1.82, 2.24) is 19.7 Å². The highest BCUT2D eigenvalue weighted by Gasteiger charge is 2.26. The van der Waals surface area contributed by atoms with Crippen LogP contribution < -0.4 is 5.32 Å². The molecule has 7 nitrogen and oxygen atoms in total. The van der Waals surface area contributed by atoms with E-state index in [0.29, 0.717) is 25.7 Å². The van der Waals surface area contributed by atoms with Gasteiger partial charge >= 0.3 is 6.03 Å². The molecule has 7 heteroatoms. The van der Waals surface area contributed by atoms with E-state index in [1.54, 1.807) is 6.20 Å². The number of anilines is 1. The van der Waals surface area contributed by atoms with E-state index in [9.17, 15) is 4.79 Å². The number of hydrogen-bond donors (Lipinski definition) is 1. The first kappa shape index (κ1) is 16.1. The molecule has 2 aromatic heterocycles. The van der Waals surface area contributed by atoms with Gasteiger partial charge in [-0.3, -0.25) is 9.67 Å². The van der Waals surface area contributed by atoms with E-state index in [2.05, 4.69) is 15.4 Å². The lowest BCUT2D eigenvalue weighted by Crippen LogP contribution is -2.41. The molecular weight excluding hydrogens is 318 g/mol. The van der Waals surface area contributed by atoms with Crippen molar-refractivity contribution in [3.05, 3.63) is 41.5 Å². The highest BCUT2D eigenvalue weighted by molar-refractivity contribution is 5.89. The van der Waals surface area contributed by atoms with Crippen molar-refractivity contribution in [2.24, 2.45) is 7.05 Å². The Kier molecular flexibility index (Phi) is 4.40. The maximum absolute atomic E-state index is 12.6. The third-order valence-corrected chi connectivity index (χ3v) is 4.91. The molecule has 25 heavy (non-hydrogen) atoms. The third kappa shape index (κ3) is 3.51. The molecule has 4 heterocycles. The summed E-state index contributed by atoms with van der Waals surface area (Å²) in [4.78, 5) is 19.0. The second-order valence-electron chi connectivity index (χ2n) is 6.76. The SMILES string of the molecule is Cn1ccc(C2CCCN(C(=O)Nc3cnc4c(c3)COCC4)C2)n1. The minimum Gasteiger partial charge on any atom is -0.376 e. The zero-order chi connectivity index (χ0) is 17.2. The fraction of sp³-hybridized carbons (Fsp3) is 0.500. The number of amides is 2. The van der Waals surface area contributed by atoms with Gasteiger partial charge in [-0.1, -0.05) is 0 Å². The summed E-state index contributed by atoms with van der Waals surface area (Å²) in [5.74, 6) is 0.302. The summed E-state index contributed by atoms with van der Waals surface area (Å²) in [6.07, 6.45) is 6.59. The number of rotatable bonds is 2. The van der Waals surface area contributed by atoms with Crippen LogP contribution in [0.2, 0.25) is 0 Å². The van der Waals surface area contributed by atoms with E-state index in [1.807, 2.05) is 35.0 Å². The summed E-state index contributed by atoms with van der Waals surface area (Å²) in [5.41, 5.74) is 3.92. The zero-order valence-electron chi connectivity index (χ0n) is 14.4. The number of nitrogens with one attached hydrogen (secondary N) is 1. The molecule has 2 aliphatic rings. The fourth-order valence-corrected chi connectivity index (χ4v) is 3.56. The van der Waals surface area contributed by atoms with Gasteiger partial charge in [0.05, 0.1) is 30.8 Å². The summed E-state index contributed by atoms with van der Waals surface area (Å²) in [5, 5.41) is 7.48. The standard InChI is InChI=1S/C18H23N5O2/c1-22-7-4-17(21-22)13-3-2-6-23(11-13)18(24)20-15-9-14-12-25-8-5-16(14)19-10-15/h4,7,9-10,13H,2-3,5-6,8,11-12H2,1H3,(H,20,24). The molecule has 2 amide bonds. The van der Waals surface area contributed by atoms with Gasteiger partial charge in [-0.2, -0.15) is 5.10 Å². The minimum atomic E-state index is -0.0703. The molecule has 1 atom stereocenters. The molecule has 0 bridgehead atoms. The molecule has 132 valence electrons. The number of piperidine rings is 1. The van der Waals surface area contributed by atoms with Crippen LogP contribution in [0.3, 0.4) is 0 Å². The number of ether oxygens (including phenoxy) is 1. The van der Waals surface area contributed by atoms with Crippen LogP contribution in [0.25, 0.3) is 0 Å². The molecule has 4 rings (SSSR count). The average molecular weight is 341 g/mol. The first-order valence-electron chi connectivity index (χ1n) is 8.80. The number of pyridine rings is 1. The second kappa shape index (κ2) is 6.84.